The SMILES string of the molecule is C/C=C/C[C@@H](C)CC(C(N)=O)N(C)C(=O)[C@H](C(C)C)N(C)C(=O)[C@H](CC(C)C)N(C)C[C@H](CC(C)C)N(C)C(=O)[C@@H](C)NC(=O)[C@H](C)NC(=O)[C@H](CC(C)C)N(C)C(=O)C(NC(=O)[C@H](CC(C)C)N(C)C(=O)CN(C)C(C)=O)C(C)C. The van der Waals surface area contributed by atoms with Gasteiger partial charge in [0.1, 0.15) is 42.3 Å². The summed E-state index contributed by atoms with van der Waals surface area (Å²) >= 11 is 0. The normalized spacial score (nSPS) is 15.6. The zero-order chi connectivity index (χ0) is 63.2. The lowest BCUT2D eigenvalue weighted by Crippen LogP contribution is -2.60. The van der Waals surface area contributed by atoms with E-state index in [0.29, 0.717) is 19.3 Å². The van der Waals surface area contributed by atoms with E-state index in [2.05, 4.69) is 16.0 Å². The van der Waals surface area contributed by atoms with Crippen molar-refractivity contribution in [1.82, 2.24) is 50.2 Å². The number of hydrogen-bond acceptors (Lipinski definition) is 11. The number of carbonyl (C=O) groups excluding carboxylic acids is 10. The lowest BCUT2D eigenvalue weighted by Gasteiger charge is -2.41. The molecule has 0 heterocycles. The number of rotatable bonds is 35. The average molecular weight is 1150 g/mol. The second-order valence-electron chi connectivity index (χ2n) is 25.3. The molecule has 81 heavy (non-hydrogen) atoms. The summed E-state index contributed by atoms with van der Waals surface area (Å²) in [4.78, 5) is 148. The Morgan fingerprint density at radius 2 is 0.926 bits per heavy atom. The number of amides is 10. The van der Waals surface area contributed by atoms with Gasteiger partial charge in [0, 0.05) is 61.8 Å². The summed E-state index contributed by atoms with van der Waals surface area (Å²) in [6.45, 7) is 31.3. The van der Waals surface area contributed by atoms with Crippen molar-refractivity contribution in [3.8, 4) is 0 Å². The van der Waals surface area contributed by atoms with E-state index in [-0.39, 0.29) is 79.2 Å². The fraction of sp³-hybridized carbons (Fsp3) is 0.800. The highest BCUT2D eigenvalue weighted by Crippen LogP contribution is 2.24. The van der Waals surface area contributed by atoms with Gasteiger partial charge in [-0.2, -0.15) is 0 Å². The van der Waals surface area contributed by atoms with Crippen LogP contribution in [0.1, 0.15) is 156 Å². The Hall–Kier alpha value is -5.60. The number of carbonyl (C=O) groups is 10. The Balaban J connectivity index is 6.55. The Labute approximate surface area is 488 Å². The third kappa shape index (κ3) is 24.4. The molecule has 0 aliphatic rings. The molecule has 10 atom stereocenters. The number of likely N-dealkylation sites (N-methyl/N-ethyl adjacent to an activating group) is 7. The van der Waals surface area contributed by atoms with E-state index < -0.39 is 102 Å². The van der Waals surface area contributed by atoms with Crippen LogP contribution in [0.5, 0.6) is 0 Å². The largest absolute Gasteiger partial charge is 0.368 e. The molecule has 0 aromatic carbocycles. The third-order valence-corrected chi connectivity index (χ3v) is 15.1. The number of nitrogens with zero attached hydrogens (tertiary/aromatic N) is 7. The van der Waals surface area contributed by atoms with Gasteiger partial charge >= 0.3 is 0 Å². The first-order valence-corrected chi connectivity index (χ1v) is 29.3. The first kappa shape index (κ1) is 75.4. The topological polar surface area (TPSA) is 255 Å². The van der Waals surface area contributed by atoms with Crippen molar-refractivity contribution in [1.29, 1.82) is 0 Å². The lowest BCUT2D eigenvalue weighted by molar-refractivity contribution is -0.151. The van der Waals surface area contributed by atoms with Gasteiger partial charge in [0.25, 0.3) is 0 Å². The molecular formula is C60H111N11O10. The molecule has 0 radical (unpaired) electrons. The standard InChI is InChI=1S/C60H111N11O10/c1-25-26-27-41(14)32-46(53(61)74)69(22)60(81)52(40(12)13)71(24)58(79)49(31-38(8)9)66(19)33-45(28-35(2)3)67(20)57(78)43(16)63-54(75)42(15)62-55(76)48(30-37(6)7)70(23)59(80)51(39(10)11)64-56(77)47(29-36(4)5)68(21)50(73)34-65(18)44(17)72/h25-26,35-43,45-49,51-52H,27-34H2,1-24H3,(H2,61,74)(H,62,76)(H,63,75)(H,64,77)/b26-25+/t41-,42+,43-,45+,46?,47+,48+,49+,51?,52+/m1/s1. The van der Waals surface area contributed by atoms with Crippen LogP contribution >= 0.6 is 0 Å². The molecular weight excluding hydrogens is 1030 g/mol. The van der Waals surface area contributed by atoms with Gasteiger partial charge < -0.3 is 51.1 Å². The molecule has 10 amide bonds. The molecule has 5 N–H and O–H groups in total. The maximum Gasteiger partial charge on any atom is 0.246 e. The van der Waals surface area contributed by atoms with Crippen LogP contribution in [0.3, 0.4) is 0 Å². The summed E-state index contributed by atoms with van der Waals surface area (Å²) in [7, 11) is 11.1. The summed E-state index contributed by atoms with van der Waals surface area (Å²) in [5.41, 5.74) is 5.87. The predicted octanol–water partition coefficient (Wildman–Crippen LogP) is 4.37. The molecule has 0 fully saturated rings. The van der Waals surface area contributed by atoms with Gasteiger partial charge in [0.05, 0.1) is 12.6 Å². The maximum atomic E-state index is 14.8. The van der Waals surface area contributed by atoms with Gasteiger partial charge in [0.15, 0.2) is 0 Å². The highest BCUT2D eigenvalue weighted by Gasteiger charge is 2.41. The summed E-state index contributed by atoms with van der Waals surface area (Å²) in [6, 6.07) is -8.17. The fourth-order valence-electron chi connectivity index (χ4n) is 9.99. The van der Waals surface area contributed by atoms with E-state index in [1.165, 1.54) is 59.5 Å². The van der Waals surface area contributed by atoms with Gasteiger partial charge in [-0.05, 0) is 108 Å². The predicted molar refractivity (Wildman–Crippen MR) is 320 cm³/mol. The van der Waals surface area contributed by atoms with Crippen molar-refractivity contribution in [2.24, 2.45) is 47.2 Å². The van der Waals surface area contributed by atoms with Crippen LogP contribution in [-0.4, -0.2) is 210 Å². The molecule has 466 valence electrons. The molecule has 0 saturated carbocycles. The van der Waals surface area contributed by atoms with Crippen molar-refractivity contribution in [2.45, 2.75) is 211 Å². The number of nitrogens with two attached hydrogens (primary N) is 1. The summed E-state index contributed by atoms with van der Waals surface area (Å²) in [5, 5.41) is 8.38. The van der Waals surface area contributed by atoms with Crippen LogP contribution in [0.4, 0.5) is 0 Å². The molecule has 0 saturated heterocycles. The van der Waals surface area contributed by atoms with E-state index in [0.717, 1.165) is 6.42 Å². The van der Waals surface area contributed by atoms with Crippen LogP contribution in [0.25, 0.3) is 0 Å². The second-order valence-corrected chi connectivity index (χ2v) is 25.3. The minimum absolute atomic E-state index is 0.0110. The minimum Gasteiger partial charge on any atom is -0.368 e. The van der Waals surface area contributed by atoms with E-state index in [4.69, 9.17) is 5.73 Å². The summed E-state index contributed by atoms with van der Waals surface area (Å²) in [6.07, 6.45) is 6.52. The maximum absolute atomic E-state index is 14.8. The first-order chi connectivity index (χ1) is 37.2. The van der Waals surface area contributed by atoms with Gasteiger partial charge in [-0.25, -0.2) is 0 Å². The van der Waals surface area contributed by atoms with Crippen molar-refractivity contribution in [3.63, 3.8) is 0 Å². The Morgan fingerprint density at radius 1 is 0.469 bits per heavy atom. The van der Waals surface area contributed by atoms with Gasteiger partial charge in [-0.3, -0.25) is 52.8 Å². The third-order valence-electron chi connectivity index (χ3n) is 15.1. The summed E-state index contributed by atoms with van der Waals surface area (Å²) in [5.74, 6) is -5.38. The molecule has 0 aliphatic carbocycles. The Kier molecular flexibility index (Phi) is 33.0. The van der Waals surface area contributed by atoms with E-state index in [1.54, 1.807) is 46.8 Å². The van der Waals surface area contributed by atoms with Gasteiger partial charge in [-0.15, -0.1) is 0 Å². The molecule has 2 unspecified atom stereocenters. The van der Waals surface area contributed by atoms with Crippen LogP contribution in [0.15, 0.2) is 12.2 Å². The molecule has 0 bridgehead atoms. The number of allylic oxidation sites excluding steroid dienone is 2. The number of primary amides is 1. The second kappa shape index (κ2) is 35.4. The Bertz CT molecular complexity index is 2110. The molecule has 0 aromatic rings. The van der Waals surface area contributed by atoms with Crippen molar-refractivity contribution in [3.05, 3.63) is 12.2 Å². The molecule has 0 aromatic heterocycles. The molecule has 0 aliphatic heterocycles. The molecule has 21 heteroatoms. The fourth-order valence-corrected chi connectivity index (χ4v) is 9.99. The van der Waals surface area contributed by atoms with Crippen LogP contribution < -0.4 is 21.7 Å². The quantitative estimate of drug-likeness (QED) is 0.0649. The lowest BCUT2D eigenvalue weighted by atomic mass is 9.94. The number of hydrogen-bond donors (Lipinski definition) is 4. The van der Waals surface area contributed by atoms with Crippen LogP contribution in [-0.2, 0) is 47.9 Å². The zero-order valence-corrected chi connectivity index (χ0v) is 54.3. The first-order valence-electron chi connectivity index (χ1n) is 29.3. The van der Waals surface area contributed by atoms with Crippen molar-refractivity contribution >= 4 is 59.1 Å². The minimum atomic E-state index is -1.14. The van der Waals surface area contributed by atoms with Crippen LogP contribution in [0.2, 0.25) is 0 Å². The van der Waals surface area contributed by atoms with E-state index >= 15 is 0 Å². The van der Waals surface area contributed by atoms with Crippen molar-refractivity contribution < 1.29 is 47.9 Å². The van der Waals surface area contributed by atoms with Gasteiger partial charge in [0.2, 0.25) is 59.1 Å². The molecule has 0 rings (SSSR count). The van der Waals surface area contributed by atoms with E-state index in [9.17, 15) is 47.9 Å². The summed E-state index contributed by atoms with van der Waals surface area (Å²) < 4.78 is 0. The van der Waals surface area contributed by atoms with E-state index in [1.807, 2.05) is 107 Å². The van der Waals surface area contributed by atoms with Crippen molar-refractivity contribution in [2.75, 3.05) is 62.4 Å². The molecule has 0 spiro atoms. The molecule has 21 nitrogen and oxygen atoms in total. The van der Waals surface area contributed by atoms with Gasteiger partial charge in [-0.1, -0.05) is 102 Å². The highest BCUT2D eigenvalue weighted by molar-refractivity contribution is 5.97. The Morgan fingerprint density at radius 3 is 1.37 bits per heavy atom. The van der Waals surface area contributed by atoms with Crippen LogP contribution in [0, 0.1) is 41.4 Å². The zero-order valence-electron chi connectivity index (χ0n) is 54.3. The monoisotopic (exact) mass is 1150 g/mol. The number of nitrogens with one attached hydrogen (secondary N) is 3. The average Bonchev–Trinajstić information content (AvgIpc) is 3.36. The highest BCUT2D eigenvalue weighted by atomic mass is 16.2. The smallest absolute Gasteiger partial charge is 0.246 e.